The largest absolute Gasteiger partial charge is 0.493 e. The van der Waals surface area contributed by atoms with Gasteiger partial charge in [0, 0.05) is 24.1 Å². The van der Waals surface area contributed by atoms with Gasteiger partial charge in [0.1, 0.15) is 11.9 Å². The highest BCUT2D eigenvalue weighted by molar-refractivity contribution is 6.04. The number of carbonyl (C=O) groups is 2. The molecule has 9 heteroatoms. The minimum atomic E-state index is -0.895. The van der Waals surface area contributed by atoms with Gasteiger partial charge in [0.2, 0.25) is 5.91 Å². The Morgan fingerprint density at radius 3 is 2.48 bits per heavy atom. The first kappa shape index (κ1) is 21.9. The highest BCUT2D eigenvalue weighted by Gasteiger charge is 2.41. The van der Waals surface area contributed by atoms with Gasteiger partial charge in [0.05, 0.1) is 31.5 Å². The van der Waals surface area contributed by atoms with Crippen molar-refractivity contribution >= 4 is 17.6 Å². The number of anilines is 1. The summed E-state index contributed by atoms with van der Waals surface area (Å²) in [4.78, 5) is 26.3. The summed E-state index contributed by atoms with van der Waals surface area (Å²) in [6.45, 7) is 1.86. The van der Waals surface area contributed by atoms with Crippen molar-refractivity contribution in [3.05, 3.63) is 70.4 Å². The van der Waals surface area contributed by atoms with Crippen LogP contribution in [0.25, 0.3) is 0 Å². The number of fused-ring (bicyclic) bond motifs is 1. The number of rotatable bonds is 5. The molecule has 2 heterocycles. The first-order chi connectivity index (χ1) is 15.9. The fourth-order valence-electron chi connectivity index (χ4n) is 4.18. The number of nitrogens with one attached hydrogen (secondary N) is 2. The summed E-state index contributed by atoms with van der Waals surface area (Å²) in [6, 6.07) is 13.0. The Kier molecular flexibility index (Phi) is 5.75. The predicted molar refractivity (Wildman–Crippen MR) is 120 cm³/mol. The third kappa shape index (κ3) is 3.87. The van der Waals surface area contributed by atoms with Gasteiger partial charge in [-0.25, -0.2) is 0 Å². The third-order valence-electron chi connectivity index (χ3n) is 5.77. The Balaban J connectivity index is 1.75. The smallest absolute Gasteiger partial charge is 0.252 e. The average molecular weight is 445 g/mol. The van der Waals surface area contributed by atoms with E-state index in [1.54, 1.807) is 54.2 Å². The number of methoxy groups -OCH3 is 2. The standard InChI is InChI=1S/C24H23N5O4/c1-13-19-20(15-7-5-14(12-25)6-8-15)21(24(31)27-22(19)29(2)28-13)26-23(30)16-9-10-17(32-3)18(11-16)33-4/h5-11,20-21H,1-4H3,(H,26,30)(H,27,31)/t20-,21+/m1/s1. The van der Waals surface area contributed by atoms with E-state index >= 15 is 0 Å². The van der Waals surface area contributed by atoms with Gasteiger partial charge >= 0.3 is 0 Å². The molecule has 0 saturated carbocycles. The summed E-state index contributed by atoms with van der Waals surface area (Å²) >= 11 is 0. The molecule has 33 heavy (non-hydrogen) atoms. The number of hydrogen-bond acceptors (Lipinski definition) is 6. The van der Waals surface area contributed by atoms with Crippen molar-refractivity contribution in [2.45, 2.75) is 18.9 Å². The molecule has 2 atom stereocenters. The number of amides is 2. The summed E-state index contributed by atoms with van der Waals surface area (Å²) in [7, 11) is 4.76. The first-order valence-corrected chi connectivity index (χ1v) is 10.2. The van der Waals surface area contributed by atoms with Gasteiger partial charge in [-0.15, -0.1) is 0 Å². The Bertz CT molecular complexity index is 1270. The average Bonchev–Trinajstić information content (AvgIpc) is 3.11. The van der Waals surface area contributed by atoms with Crippen molar-refractivity contribution in [2.75, 3.05) is 19.5 Å². The number of carbonyl (C=O) groups excluding carboxylic acids is 2. The van der Waals surface area contributed by atoms with Gasteiger partial charge < -0.3 is 20.1 Å². The van der Waals surface area contributed by atoms with Crippen molar-refractivity contribution < 1.29 is 19.1 Å². The molecule has 0 spiro atoms. The summed E-state index contributed by atoms with van der Waals surface area (Å²) in [6.07, 6.45) is 0. The number of aryl methyl sites for hydroxylation is 2. The van der Waals surface area contributed by atoms with E-state index in [0.29, 0.717) is 28.4 Å². The second-order valence-corrected chi connectivity index (χ2v) is 7.69. The van der Waals surface area contributed by atoms with E-state index in [0.717, 1.165) is 16.8 Å². The fourth-order valence-corrected chi connectivity index (χ4v) is 4.18. The van der Waals surface area contributed by atoms with E-state index in [9.17, 15) is 9.59 Å². The van der Waals surface area contributed by atoms with E-state index in [1.165, 1.54) is 14.2 Å². The molecule has 2 aromatic carbocycles. The summed E-state index contributed by atoms with van der Waals surface area (Å²) in [5.41, 5.74) is 3.19. The van der Waals surface area contributed by atoms with Gasteiger partial charge in [0.15, 0.2) is 11.5 Å². The van der Waals surface area contributed by atoms with E-state index in [4.69, 9.17) is 14.7 Å². The van der Waals surface area contributed by atoms with Crippen molar-refractivity contribution in [1.29, 1.82) is 5.26 Å². The van der Waals surface area contributed by atoms with E-state index in [2.05, 4.69) is 21.8 Å². The lowest BCUT2D eigenvalue weighted by molar-refractivity contribution is -0.118. The SMILES string of the molecule is COc1ccc(C(=O)N[C@@H]2C(=O)Nc3c(c(C)nn3C)[C@H]2c2ccc(C#N)cc2)cc1OC. The second kappa shape index (κ2) is 8.67. The molecule has 9 nitrogen and oxygen atoms in total. The van der Waals surface area contributed by atoms with Crippen LogP contribution >= 0.6 is 0 Å². The minimum absolute atomic E-state index is 0.327. The highest BCUT2D eigenvalue weighted by atomic mass is 16.5. The van der Waals surface area contributed by atoms with E-state index in [-0.39, 0.29) is 5.91 Å². The molecule has 0 saturated heterocycles. The zero-order chi connectivity index (χ0) is 23.7. The number of nitrogens with zero attached hydrogens (tertiary/aromatic N) is 3. The number of aromatic nitrogens is 2. The minimum Gasteiger partial charge on any atom is -0.493 e. The lowest BCUT2D eigenvalue weighted by Gasteiger charge is -2.32. The van der Waals surface area contributed by atoms with E-state index < -0.39 is 17.9 Å². The molecule has 2 N–H and O–H groups in total. The van der Waals surface area contributed by atoms with Crippen molar-refractivity contribution in [3.8, 4) is 17.6 Å². The summed E-state index contributed by atoms with van der Waals surface area (Å²) in [5, 5.41) is 19.4. The maximum Gasteiger partial charge on any atom is 0.252 e. The van der Waals surface area contributed by atoms with Crippen LogP contribution < -0.4 is 20.1 Å². The van der Waals surface area contributed by atoms with E-state index in [1.807, 2.05) is 6.92 Å². The Labute approximate surface area is 190 Å². The van der Waals surface area contributed by atoms with Crippen LogP contribution in [0.4, 0.5) is 5.82 Å². The van der Waals surface area contributed by atoms with Gasteiger partial charge in [-0.2, -0.15) is 10.4 Å². The molecule has 1 aliphatic rings. The maximum absolute atomic E-state index is 13.2. The lowest BCUT2D eigenvalue weighted by Crippen LogP contribution is -2.50. The normalized spacial score (nSPS) is 16.9. The fraction of sp³-hybridized carbons (Fsp3) is 0.250. The van der Waals surface area contributed by atoms with Crippen LogP contribution in [0, 0.1) is 18.3 Å². The van der Waals surface area contributed by atoms with Crippen LogP contribution in [0.15, 0.2) is 42.5 Å². The van der Waals surface area contributed by atoms with Crippen molar-refractivity contribution in [2.24, 2.45) is 7.05 Å². The number of benzene rings is 2. The molecule has 0 bridgehead atoms. The molecule has 3 aromatic rings. The molecule has 1 aliphatic heterocycles. The monoisotopic (exact) mass is 445 g/mol. The zero-order valence-electron chi connectivity index (χ0n) is 18.7. The third-order valence-corrected chi connectivity index (χ3v) is 5.77. The summed E-state index contributed by atoms with van der Waals surface area (Å²) in [5.74, 6) is 0.221. The zero-order valence-corrected chi connectivity index (χ0v) is 18.7. The topological polar surface area (TPSA) is 118 Å². The second-order valence-electron chi connectivity index (χ2n) is 7.69. The molecule has 0 fully saturated rings. The molecular weight excluding hydrogens is 422 g/mol. The van der Waals surface area contributed by atoms with Crippen LogP contribution in [0.2, 0.25) is 0 Å². The number of hydrogen-bond donors (Lipinski definition) is 2. The first-order valence-electron chi connectivity index (χ1n) is 10.2. The van der Waals surface area contributed by atoms with Gasteiger partial charge in [-0.1, -0.05) is 12.1 Å². The summed E-state index contributed by atoms with van der Waals surface area (Å²) < 4.78 is 12.1. The van der Waals surface area contributed by atoms with Crippen LogP contribution in [0.3, 0.4) is 0 Å². The van der Waals surface area contributed by atoms with Crippen LogP contribution in [0.1, 0.15) is 38.7 Å². The lowest BCUT2D eigenvalue weighted by atomic mass is 9.81. The van der Waals surface area contributed by atoms with Crippen LogP contribution in [-0.4, -0.2) is 41.9 Å². The molecule has 168 valence electrons. The van der Waals surface area contributed by atoms with Crippen molar-refractivity contribution in [3.63, 3.8) is 0 Å². The molecule has 0 unspecified atom stereocenters. The number of nitriles is 1. The molecular formula is C24H23N5O4. The molecule has 0 aliphatic carbocycles. The maximum atomic E-state index is 13.2. The van der Waals surface area contributed by atoms with Crippen LogP contribution in [0.5, 0.6) is 11.5 Å². The quantitative estimate of drug-likeness (QED) is 0.623. The molecule has 0 radical (unpaired) electrons. The van der Waals surface area contributed by atoms with Crippen LogP contribution in [-0.2, 0) is 11.8 Å². The Morgan fingerprint density at radius 1 is 1.15 bits per heavy atom. The van der Waals surface area contributed by atoms with Crippen molar-refractivity contribution in [1.82, 2.24) is 15.1 Å². The highest BCUT2D eigenvalue weighted by Crippen LogP contribution is 2.39. The number of ether oxygens (including phenoxy) is 2. The molecule has 4 rings (SSSR count). The molecule has 1 aromatic heterocycles. The Morgan fingerprint density at radius 2 is 1.85 bits per heavy atom. The van der Waals surface area contributed by atoms with Gasteiger partial charge in [-0.05, 0) is 42.8 Å². The molecule has 2 amide bonds. The Hall–Kier alpha value is -4.32. The van der Waals surface area contributed by atoms with Gasteiger partial charge in [0.25, 0.3) is 5.91 Å². The van der Waals surface area contributed by atoms with Gasteiger partial charge in [-0.3, -0.25) is 14.3 Å². The predicted octanol–water partition coefficient (Wildman–Crippen LogP) is 2.50.